The molecule has 2 nitrogen and oxygen atoms in total. The van der Waals surface area contributed by atoms with E-state index in [1.165, 1.54) is 71.6 Å². The van der Waals surface area contributed by atoms with Gasteiger partial charge < -0.3 is 0 Å². The van der Waals surface area contributed by atoms with E-state index < -0.39 is 5.41 Å². The Bertz CT molecular complexity index is 3060. The highest BCUT2D eigenvalue weighted by Gasteiger charge is 2.50. The van der Waals surface area contributed by atoms with Crippen molar-refractivity contribution in [2.75, 3.05) is 0 Å². The Kier molecular flexibility index (Phi) is 6.87. The molecule has 2 aliphatic rings. The normalized spacial score (nSPS) is 14.0. The van der Waals surface area contributed by atoms with Crippen molar-refractivity contribution in [3.8, 4) is 22.3 Å². The molecule has 0 amide bonds. The number of hydrogen-bond acceptors (Lipinski definition) is 1. The summed E-state index contributed by atoms with van der Waals surface area (Å²) in [5, 5.41) is 4.97. The number of benzene rings is 8. The molecule has 11 rings (SSSR count). The van der Waals surface area contributed by atoms with Crippen LogP contribution in [0.5, 0.6) is 0 Å². The summed E-state index contributed by atoms with van der Waals surface area (Å²) in [4.78, 5) is 5.38. The van der Waals surface area contributed by atoms with E-state index in [2.05, 4.69) is 193 Å². The zero-order valence-electron chi connectivity index (χ0n) is 30.5. The summed E-state index contributed by atoms with van der Waals surface area (Å²) in [5.41, 5.74) is 16.4. The van der Waals surface area contributed by atoms with Crippen LogP contribution >= 0.6 is 0 Å². The molecule has 2 heteroatoms. The summed E-state index contributed by atoms with van der Waals surface area (Å²) in [6, 6.07) is 66.1. The molecule has 0 aliphatic heterocycles. The molecule has 0 saturated carbocycles. The third-order valence-corrected chi connectivity index (χ3v) is 11.9. The third kappa shape index (κ3) is 4.40. The lowest BCUT2D eigenvalue weighted by atomic mass is 9.61. The Balaban J connectivity index is 1.22. The molecule has 1 aromatic heterocycles. The van der Waals surface area contributed by atoms with Crippen LogP contribution < -0.4 is 0 Å². The SMILES string of the molecule is C=C(/N=C(\C=C(/C)c1ccccc1)c1ccccc1)n1c2ccccc2c2c3cccc4c3c(cc21)-c1ccccc1C41c2ccccc2-c2ccccc21. The van der Waals surface area contributed by atoms with Gasteiger partial charge in [-0.2, -0.15) is 0 Å². The topological polar surface area (TPSA) is 17.3 Å². The van der Waals surface area contributed by atoms with Gasteiger partial charge in [0.25, 0.3) is 0 Å². The molecule has 2 aliphatic carbocycles. The van der Waals surface area contributed by atoms with Crippen molar-refractivity contribution < 1.29 is 0 Å². The molecule has 0 fully saturated rings. The van der Waals surface area contributed by atoms with E-state index in [0.717, 1.165) is 27.9 Å². The van der Waals surface area contributed by atoms with Crippen molar-refractivity contribution in [3.63, 3.8) is 0 Å². The Labute approximate surface area is 320 Å². The second-order valence-electron chi connectivity index (χ2n) is 14.8. The van der Waals surface area contributed by atoms with Gasteiger partial charge in [-0.1, -0.05) is 176 Å². The molecule has 8 aromatic carbocycles. The van der Waals surface area contributed by atoms with Crippen molar-refractivity contribution in [1.82, 2.24) is 4.57 Å². The van der Waals surface area contributed by atoms with Crippen LogP contribution in [-0.4, -0.2) is 10.3 Å². The molecule has 1 heterocycles. The van der Waals surface area contributed by atoms with Gasteiger partial charge in [0, 0.05) is 16.3 Å². The zero-order valence-corrected chi connectivity index (χ0v) is 30.5. The van der Waals surface area contributed by atoms with Gasteiger partial charge in [-0.05, 0) is 91.5 Å². The highest BCUT2D eigenvalue weighted by molar-refractivity contribution is 6.26. The third-order valence-electron chi connectivity index (χ3n) is 11.9. The van der Waals surface area contributed by atoms with E-state index >= 15 is 0 Å². The average Bonchev–Trinajstić information content (AvgIpc) is 3.74. The molecule has 1 spiro atoms. The van der Waals surface area contributed by atoms with Crippen molar-refractivity contribution in [2.45, 2.75) is 12.3 Å². The molecule has 0 radical (unpaired) electrons. The molecule has 55 heavy (non-hydrogen) atoms. The first kappa shape index (κ1) is 31.5. The molecular weight excluding hydrogens is 665 g/mol. The molecule has 9 aromatic rings. The maximum absolute atomic E-state index is 5.38. The quantitative estimate of drug-likeness (QED) is 0.159. The Morgan fingerprint density at radius 1 is 0.491 bits per heavy atom. The minimum absolute atomic E-state index is 0.441. The number of hydrogen-bond donors (Lipinski definition) is 0. The van der Waals surface area contributed by atoms with E-state index in [0.29, 0.717) is 5.82 Å². The van der Waals surface area contributed by atoms with Gasteiger partial charge in [-0.25, -0.2) is 4.99 Å². The fourth-order valence-electron chi connectivity index (χ4n) is 9.72. The molecule has 0 unspecified atom stereocenters. The minimum atomic E-state index is -0.441. The van der Waals surface area contributed by atoms with Gasteiger partial charge in [0.05, 0.1) is 22.2 Å². The zero-order chi connectivity index (χ0) is 36.7. The molecular formula is C53H36N2. The highest BCUT2D eigenvalue weighted by atomic mass is 15.1. The van der Waals surface area contributed by atoms with Crippen LogP contribution in [0, 0.1) is 0 Å². The number of aliphatic imine (C=N–C) groups is 1. The van der Waals surface area contributed by atoms with Gasteiger partial charge >= 0.3 is 0 Å². The second kappa shape index (κ2) is 12.0. The van der Waals surface area contributed by atoms with E-state index in [4.69, 9.17) is 11.6 Å². The standard InChI is InChI=1S/C53H36N2/c1-34(36-18-5-3-6-19-36)32-48(37-20-7-4-8-21-37)54-35(2)55-49-31-16-12-25-41(49)52-42-26-17-30-47-51(42)43(33-50(52)55)40-24-11-15-29-46(40)53(47)44-27-13-9-22-38(44)39-23-10-14-28-45(39)53/h3-33H,2H2,1H3/b34-32+,54-48+. The lowest BCUT2D eigenvalue weighted by Gasteiger charge is -2.40. The minimum Gasteiger partial charge on any atom is -0.294 e. The van der Waals surface area contributed by atoms with Gasteiger partial charge in [-0.3, -0.25) is 4.57 Å². The summed E-state index contributed by atoms with van der Waals surface area (Å²) >= 11 is 0. The fourth-order valence-corrected chi connectivity index (χ4v) is 9.72. The lowest BCUT2D eigenvalue weighted by molar-refractivity contribution is 0.773. The number of nitrogens with zero attached hydrogens (tertiary/aromatic N) is 2. The van der Waals surface area contributed by atoms with Crippen LogP contribution in [-0.2, 0) is 5.41 Å². The van der Waals surface area contributed by atoms with Crippen molar-refractivity contribution >= 4 is 49.7 Å². The number of para-hydroxylation sites is 1. The molecule has 0 saturated heterocycles. The van der Waals surface area contributed by atoms with Crippen LogP contribution in [0.25, 0.3) is 66.2 Å². The fraction of sp³-hybridized carbons (Fsp3) is 0.0377. The first-order valence-electron chi connectivity index (χ1n) is 19.0. The molecule has 0 bridgehead atoms. The molecule has 0 atom stereocenters. The monoisotopic (exact) mass is 700 g/mol. The van der Waals surface area contributed by atoms with Crippen LogP contribution in [0.3, 0.4) is 0 Å². The first-order chi connectivity index (χ1) is 27.1. The van der Waals surface area contributed by atoms with E-state index in [-0.39, 0.29) is 0 Å². The van der Waals surface area contributed by atoms with Crippen molar-refractivity contribution in [3.05, 3.63) is 228 Å². The predicted molar refractivity (Wildman–Crippen MR) is 232 cm³/mol. The van der Waals surface area contributed by atoms with Crippen LogP contribution in [0.1, 0.15) is 40.3 Å². The average molecular weight is 701 g/mol. The Morgan fingerprint density at radius 3 is 1.65 bits per heavy atom. The number of aromatic nitrogens is 1. The maximum Gasteiger partial charge on any atom is 0.131 e. The van der Waals surface area contributed by atoms with Crippen LogP contribution in [0.2, 0.25) is 0 Å². The predicted octanol–water partition coefficient (Wildman–Crippen LogP) is 13.3. The first-order valence-corrected chi connectivity index (χ1v) is 19.0. The molecule has 0 N–H and O–H groups in total. The summed E-state index contributed by atoms with van der Waals surface area (Å²) in [6.45, 7) is 6.86. The number of allylic oxidation sites excluding steroid dienone is 2. The smallest absolute Gasteiger partial charge is 0.131 e. The number of rotatable bonds is 5. The number of fused-ring (bicyclic) bond motifs is 13. The van der Waals surface area contributed by atoms with Gasteiger partial charge in [0.15, 0.2) is 0 Å². The largest absolute Gasteiger partial charge is 0.294 e. The van der Waals surface area contributed by atoms with Gasteiger partial charge in [0.1, 0.15) is 5.82 Å². The van der Waals surface area contributed by atoms with Crippen LogP contribution in [0.4, 0.5) is 0 Å². The van der Waals surface area contributed by atoms with E-state index in [1.807, 2.05) is 6.07 Å². The lowest BCUT2D eigenvalue weighted by Crippen LogP contribution is -2.31. The summed E-state index contributed by atoms with van der Waals surface area (Å²) in [5.74, 6) is 0.670. The second-order valence-corrected chi connectivity index (χ2v) is 14.8. The molecule has 258 valence electrons. The van der Waals surface area contributed by atoms with Crippen molar-refractivity contribution in [1.29, 1.82) is 0 Å². The summed E-state index contributed by atoms with van der Waals surface area (Å²) in [7, 11) is 0. The summed E-state index contributed by atoms with van der Waals surface area (Å²) in [6.07, 6.45) is 2.18. The highest BCUT2D eigenvalue weighted by Crippen LogP contribution is 2.62. The Morgan fingerprint density at radius 2 is 1.00 bits per heavy atom. The Hall–Kier alpha value is -7.03. The van der Waals surface area contributed by atoms with Crippen molar-refractivity contribution in [2.24, 2.45) is 4.99 Å². The summed E-state index contributed by atoms with van der Waals surface area (Å²) < 4.78 is 2.27. The van der Waals surface area contributed by atoms with Gasteiger partial charge in [0.2, 0.25) is 0 Å². The van der Waals surface area contributed by atoms with Crippen LogP contribution in [0.15, 0.2) is 200 Å². The van der Waals surface area contributed by atoms with Gasteiger partial charge in [-0.15, -0.1) is 0 Å². The maximum atomic E-state index is 5.38. The van der Waals surface area contributed by atoms with E-state index in [9.17, 15) is 0 Å². The van der Waals surface area contributed by atoms with E-state index in [1.54, 1.807) is 0 Å².